The van der Waals surface area contributed by atoms with E-state index in [4.69, 9.17) is 44.0 Å². The molecule has 0 atom stereocenters. The van der Waals surface area contributed by atoms with Gasteiger partial charge in [0.25, 0.3) is 0 Å². The first-order valence-electron chi connectivity index (χ1n) is 9.53. The average Bonchev–Trinajstić information content (AvgIpc) is 3.17. The quantitative estimate of drug-likeness (QED) is 0.297. The number of carbonyl (C=O) groups is 1. The van der Waals surface area contributed by atoms with E-state index in [0.29, 0.717) is 49.1 Å². The Bertz CT molecular complexity index is 1360. The Hall–Kier alpha value is -2.99. The lowest BCUT2D eigenvalue weighted by molar-refractivity contribution is -0.111. The van der Waals surface area contributed by atoms with E-state index in [1.54, 1.807) is 36.4 Å². The second-order valence-electron chi connectivity index (χ2n) is 7.00. The summed E-state index contributed by atoms with van der Waals surface area (Å²) in [6.07, 6.45) is 2.96. The molecule has 0 aliphatic rings. The van der Waals surface area contributed by atoms with Gasteiger partial charge in [-0.15, -0.1) is 0 Å². The highest BCUT2D eigenvalue weighted by Gasteiger charge is 2.11. The van der Waals surface area contributed by atoms with Crippen LogP contribution in [0.1, 0.15) is 11.1 Å². The number of amides is 1. The fraction of sp³-hybridized carbons (Fsp3) is 0.0833. The first-order valence-corrected chi connectivity index (χ1v) is 10.7. The van der Waals surface area contributed by atoms with E-state index in [1.807, 2.05) is 25.1 Å². The second-order valence-corrected chi connectivity index (χ2v) is 8.25. The van der Waals surface area contributed by atoms with E-state index in [0.717, 1.165) is 11.1 Å². The van der Waals surface area contributed by atoms with Crippen molar-refractivity contribution in [3.63, 3.8) is 0 Å². The summed E-state index contributed by atoms with van der Waals surface area (Å²) in [6, 6.07) is 14.1. The highest BCUT2D eigenvalue weighted by Crippen LogP contribution is 2.33. The minimum absolute atomic E-state index is 0.337. The van der Waals surface area contributed by atoms with Gasteiger partial charge in [0.15, 0.2) is 5.58 Å². The van der Waals surface area contributed by atoms with Gasteiger partial charge in [-0.3, -0.25) is 4.79 Å². The summed E-state index contributed by atoms with van der Waals surface area (Å²) in [5.74, 6) is 0.555. The zero-order valence-corrected chi connectivity index (χ0v) is 19.3. The molecule has 0 spiro atoms. The fourth-order valence-electron chi connectivity index (χ4n) is 3.12. The monoisotopic (exact) mass is 486 g/mol. The van der Waals surface area contributed by atoms with Crippen LogP contribution in [0, 0.1) is 6.92 Å². The van der Waals surface area contributed by atoms with Crippen LogP contribution in [0.15, 0.2) is 59.0 Å². The van der Waals surface area contributed by atoms with Gasteiger partial charge in [0.2, 0.25) is 11.8 Å². The highest BCUT2D eigenvalue weighted by atomic mass is 35.5. The van der Waals surface area contributed by atoms with Crippen molar-refractivity contribution in [2.75, 3.05) is 12.4 Å². The summed E-state index contributed by atoms with van der Waals surface area (Å²) < 4.78 is 11.1. The number of anilines is 1. The number of aryl methyl sites for hydroxylation is 1. The van der Waals surface area contributed by atoms with Gasteiger partial charge in [-0.1, -0.05) is 40.9 Å². The minimum atomic E-state index is -0.337. The second kappa shape index (κ2) is 9.25. The number of ether oxygens (including phenoxy) is 1. The van der Waals surface area contributed by atoms with Gasteiger partial charge < -0.3 is 14.5 Å². The molecule has 0 unspecified atom stereocenters. The van der Waals surface area contributed by atoms with E-state index >= 15 is 0 Å². The van der Waals surface area contributed by atoms with Crippen LogP contribution in [0.5, 0.6) is 5.75 Å². The minimum Gasteiger partial charge on any atom is -0.495 e. The molecule has 1 amide bonds. The molecule has 5 nitrogen and oxygen atoms in total. The van der Waals surface area contributed by atoms with Crippen LogP contribution >= 0.6 is 34.8 Å². The van der Waals surface area contributed by atoms with Crippen molar-refractivity contribution in [2.45, 2.75) is 6.92 Å². The SMILES string of the molecule is COc1c(Cl)cc(Cl)cc1/C=C/C(=O)Nc1ccc2oc(-c3ccc(C)c(Cl)c3)nc2c1. The summed E-state index contributed by atoms with van der Waals surface area (Å²) in [4.78, 5) is 16.9. The summed E-state index contributed by atoms with van der Waals surface area (Å²) >= 11 is 18.4. The Labute approximate surface area is 199 Å². The predicted molar refractivity (Wildman–Crippen MR) is 130 cm³/mol. The number of halogens is 3. The number of carbonyl (C=O) groups excluding carboxylic acids is 1. The zero-order chi connectivity index (χ0) is 22.8. The van der Waals surface area contributed by atoms with Crippen LogP contribution in [-0.4, -0.2) is 18.0 Å². The van der Waals surface area contributed by atoms with Gasteiger partial charge in [-0.25, -0.2) is 4.98 Å². The molecular weight excluding hydrogens is 471 g/mol. The predicted octanol–water partition coefficient (Wildman–Crippen LogP) is 7.42. The summed E-state index contributed by atoms with van der Waals surface area (Å²) in [6.45, 7) is 1.93. The van der Waals surface area contributed by atoms with E-state index in [1.165, 1.54) is 13.2 Å². The lowest BCUT2D eigenvalue weighted by Crippen LogP contribution is -2.07. The van der Waals surface area contributed by atoms with E-state index in [9.17, 15) is 4.79 Å². The van der Waals surface area contributed by atoms with E-state index in [2.05, 4.69) is 10.3 Å². The Morgan fingerprint density at radius 1 is 1.06 bits per heavy atom. The Balaban J connectivity index is 1.54. The van der Waals surface area contributed by atoms with Crippen molar-refractivity contribution < 1.29 is 13.9 Å². The Kier molecular flexibility index (Phi) is 6.42. The van der Waals surface area contributed by atoms with Gasteiger partial charge in [0, 0.05) is 32.9 Å². The first-order chi connectivity index (χ1) is 15.3. The highest BCUT2D eigenvalue weighted by molar-refractivity contribution is 6.36. The topological polar surface area (TPSA) is 64.4 Å². The number of nitrogens with one attached hydrogen (secondary N) is 1. The average molecular weight is 488 g/mol. The van der Waals surface area contributed by atoms with Gasteiger partial charge in [0.05, 0.1) is 12.1 Å². The lowest BCUT2D eigenvalue weighted by atomic mass is 10.1. The maximum atomic E-state index is 12.4. The number of nitrogens with zero attached hydrogens (tertiary/aromatic N) is 1. The van der Waals surface area contributed by atoms with Gasteiger partial charge in [-0.2, -0.15) is 0 Å². The first kappa shape index (κ1) is 22.2. The number of oxazole rings is 1. The summed E-state index contributed by atoms with van der Waals surface area (Å²) in [5, 5.41) is 4.25. The van der Waals surface area contributed by atoms with Gasteiger partial charge >= 0.3 is 0 Å². The molecule has 0 radical (unpaired) electrons. The standard InChI is InChI=1S/C24H17Cl3N2O3/c1-13-3-4-15(10-18(13)26)24-29-20-12-17(6-7-21(20)32-24)28-22(30)8-5-14-9-16(25)11-19(27)23(14)31-2/h3-12H,1-2H3,(H,28,30)/b8-5+. The zero-order valence-electron chi connectivity index (χ0n) is 17.1. The number of rotatable bonds is 5. The van der Waals surface area contributed by atoms with Crippen LogP contribution in [0.25, 0.3) is 28.6 Å². The number of methoxy groups -OCH3 is 1. The number of benzene rings is 3. The number of aromatic nitrogens is 1. The smallest absolute Gasteiger partial charge is 0.248 e. The van der Waals surface area contributed by atoms with Crippen LogP contribution < -0.4 is 10.1 Å². The molecule has 0 fully saturated rings. The molecule has 8 heteroatoms. The molecule has 162 valence electrons. The number of hydrogen-bond acceptors (Lipinski definition) is 4. The molecule has 0 aliphatic carbocycles. The third kappa shape index (κ3) is 4.75. The molecule has 0 saturated carbocycles. The molecule has 1 heterocycles. The molecule has 4 aromatic rings. The fourth-order valence-corrected chi connectivity index (χ4v) is 3.89. The molecule has 3 aromatic carbocycles. The van der Waals surface area contributed by atoms with Crippen LogP contribution in [0.3, 0.4) is 0 Å². The Morgan fingerprint density at radius 3 is 2.62 bits per heavy atom. The van der Waals surface area contributed by atoms with Crippen molar-refractivity contribution in [1.29, 1.82) is 0 Å². The van der Waals surface area contributed by atoms with Gasteiger partial charge in [0.1, 0.15) is 11.3 Å². The third-order valence-corrected chi connectivity index (χ3v) is 5.64. The molecule has 32 heavy (non-hydrogen) atoms. The molecule has 1 N–H and O–H groups in total. The molecule has 0 saturated heterocycles. The van der Waals surface area contributed by atoms with Crippen molar-refractivity contribution in [1.82, 2.24) is 4.98 Å². The molecule has 0 aliphatic heterocycles. The lowest BCUT2D eigenvalue weighted by Gasteiger charge is -2.08. The van der Waals surface area contributed by atoms with Crippen molar-refractivity contribution in [3.05, 3.63) is 80.8 Å². The van der Waals surface area contributed by atoms with Crippen LogP contribution in [0.2, 0.25) is 15.1 Å². The van der Waals surface area contributed by atoms with Crippen LogP contribution in [-0.2, 0) is 4.79 Å². The van der Waals surface area contributed by atoms with E-state index < -0.39 is 0 Å². The normalized spacial score (nSPS) is 11.3. The largest absolute Gasteiger partial charge is 0.495 e. The molecule has 0 bridgehead atoms. The van der Waals surface area contributed by atoms with Gasteiger partial charge in [-0.05, 0) is 61.0 Å². The number of fused-ring (bicyclic) bond motifs is 1. The van der Waals surface area contributed by atoms with Crippen molar-refractivity contribution >= 4 is 63.6 Å². The third-order valence-electron chi connectivity index (χ3n) is 4.73. The van der Waals surface area contributed by atoms with E-state index in [-0.39, 0.29) is 5.91 Å². The van der Waals surface area contributed by atoms with Crippen molar-refractivity contribution in [2.24, 2.45) is 0 Å². The number of hydrogen-bond donors (Lipinski definition) is 1. The summed E-state index contributed by atoms with van der Waals surface area (Å²) in [7, 11) is 1.50. The van der Waals surface area contributed by atoms with Crippen molar-refractivity contribution in [3.8, 4) is 17.2 Å². The maximum Gasteiger partial charge on any atom is 0.248 e. The van der Waals surface area contributed by atoms with Crippen LogP contribution in [0.4, 0.5) is 5.69 Å². The molecule has 1 aromatic heterocycles. The maximum absolute atomic E-state index is 12.4. The Morgan fingerprint density at radius 2 is 1.88 bits per heavy atom. The molecular formula is C24H17Cl3N2O3. The summed E-state index contributed by atoms with van der Waals surface area (Å²) in [5.41, 5.74) is 4.13. The molecule has 4 rings (SSSR count).